The highest BCUT2D eigenvalue weighted by Gasteiger charge is 2.09. The van der Waals surface area contributed by atoms with Crippen molar-refractivity contribution in [2.24, 2.45) is 0 Å². The van der Waals surface area contributed by atoms with E-state index < -0.39 is 0 Å². The Bertz CT molecular complexity index is 551. The fraction of sp³-hybridized carbons (Fsp3) is 0.333. The predicted octanol–water partition coefficient (Wildman–Crippen LogP) is 2.90. The number of likely N-dealkylation sites (N-methyl/N-ethyl adjacent to an activating group) is 1. The van der Waals surface area contributed by atoms with Crippen LogP contribution >= 0.6 is 0 Å². The molecular formula is C15H18N2. The lowest BCUT2D eigenvalue weighted by Gasteiger charge is -2.22. The van der Waals surface area contributed by atoms with Gasteiger partial charge in [-0.3, -0.25) is 0 Å². The summed E-state index contributed by atoms with van der Waals surface area (Å²) in [4.78, 5) is 2.36. The minimum atomic E-state index is 1.04. The monoisotopic (exact) mass is 226 g/mol. The van der Waals surface area contributed by atoms with Gasteiger partial charge in [0.2, 0.25) is 0 Å². The van der Waals surface area contributed by atoms with Gasteiger partial charge < -0.3 is 9.47 Å². The van der Waals surface area contributed by atoms with Gasteiger partial charge in [0, 0.05) is 31.3 Å². The van der Waals surface area contributed by atoms with E-state index in [1.54, 1.807) is 5.57 Å². The van der Waals surface area contributed by atoms with E-state index >= 15 is 0 Å². The van der Waals surface area contributed by atoms with Crippen molar-refractivity contribution < 1.29 is 0 Å². The highest BCUT2D eigenvalue weighted by molar-refractivity contribution is 5.79. The second-order valence-corrected chi connectivity index (χ2v) is 4.88. The van der Waals surface area contributed by atoms with Crippen LogP contribution in [0.4, 0.5) is 0 Å². The molecule has 0 amide bonds. The summed E-state index contributed by atoms with van der Waals surface area (Å²) in [5.74, 6) is 0. The number of aromatic nitrogens is 1. The topological polar surface area (TPSA) is 8.17 Å². The SMILES string of the molecule is CN1CC=C(Cn2ccc3ccccc32)CC1. The summed E-state index contributed by atoms with van der Waals surface area (Å²) in [6.07, 6.45) is 5.77. The first-order chi connectivity index (χ1) is 8.33. The van der Waals surface area contributed by atoms with Crippen LogP contribution < -0.4 is 0 Å². The molecule has 3 rings (SSSR count). The molecule has 2 aromatic rings. The van der Waals surface area contributed by atoms with E-state index in [-0.39, 0.29) is 0 Å². The Hall–Kier alpha value is -1.54. The molecule has 0 fully saturated rings. The Kier molecular flexibility index (Phi) is 2.73. The molecule has 0 saturated heterocycles. The molecule has 88 valence electrons. The van der Waals surface area contributed by atoms with Gasteiger partial charge >= 0.3 is 0 Å². The number of para-hydroxylation sites is 1. The molecule has 0 saturated carbocycles. The van der Waals surface area contributed by atoms with Crippen molar-refractivity contribution in [2.75, 3.05) is 20.1 Å². The first kappa shape index (κ1) is 10.6. The van der Waals surface area contributed by atoms with E-state index in [4.69, 9.17) is 0 Å². The summed E-state index contributed by atoms with van der Waals surface area (Å²) in [7, 11) is 2.18. The van der Waals surface area contributed by atoms with E-state index in [2.05, 4.69) is 59.1 Å². The molecular weight excluding hydrogens is 208 g/mol. The van der Waals surface area contributed by atoms with Crippen molar-refractivity contribution in [3.05, 3.63) is 48.2 Å². The number of rotatable bonds is 2. The first-order valence-electron chi connectivity index (χ1n) is 6.23. The Morgan fingerprint density at radius 2 is 2.06 bits per heavy atom. The summed E-state index contributed by atoms with van der Waals surface area (Å²) in [5, 5.41) is 1.33. The molecule has 1 aliphatic rings. The number of hydrogen-bond donors (Lipinski definition) is 0. The molecule has 0 radical (unpaired) electrons. The fourth-order valence-electron chi connectivity index (χ4n) is 2.45. The second-order valence-electron chi connectivity index (χ2n) is 4.88. The van der Waals surface area contributed by atoms with Crippen LogP contribution in [0, 0.1) is 0 Å². The Morgan fingerprint density at radius 1 is 1.18 bits per heavy atom. The largest absolute Gasteiger partial charge is 0.343 e. The molecule has 2 heteroatoms. The molecule has 0 aliphatic carbocycles. The van der Waals surface area contributed by atoms with Crippen LogP contribution in [0.15, 0.2) is 48.2 Å². The zero-order valence-corrected chi connectivity index (χ0v) is 10.3. The van der Waals surface area contributed by atoms with E-state index in [1.165, 1.54) is 23.9 Å². The molecule has 0 N–H and O–H groups in total. The average Bonchev–Trinajstić information content (AvgIpc) is 2.76. The Labute approximate surface area is 102 Å². The van der Waals surface area contributed by atoms with E-state index in [9.17, 15) is 0 Å². The summed E-state index contributed by atoms with van der Waals surface area (Å²) in [6, 6.07) is 10.8. The number of benzene rings is 1. The van der Waals surface area contributed by atoms with Crippen molar-refractivity contribution in [2.45, 2.75) is 13.0 Å². The molecule has 0 atom stereocenters. The van der Waals surface area contributed by atoms with Gasteiger partial charge in [-0.25, -0.2) is 0 Å². The molecule has 2 heterocycles. The van der Waals surface area contributed by atoms with E-state index in [0.717, 1.165) is 13.1 Å². The van der Waals surface area contributed by atoms with Crippen molar-refractivity contribution >= 4 is 10.9 Å². The standard InChI is InChI=1S/C15H18N2/c1-16-9-6-13(7-10-16)12-17-11-8-14-4-2-3-5-15(14)17/h2-6,8,11H,7,9-10,12H2,1H3. The predicted molar refractivity (Wildman–Crippen MR) is 72.1 cm³/mol. The highest BCUT2D eigenvalue weighted by atomic mass is 15.1. The minimum Gasteiger partial charge on any atom is -0.343 e. The van der Waals surface area contributed by atoms with Crippen LogP contribution in [0.25, 0.3) is 10.9 Å². The van der Waals surface area contributed by atoms with Crippen LogP contribution in [-0.2, 0) is 6.54 Å². The molecule has 1 aliphatic heterocycles. The van der Waals surface area contributed by atoms with E-state index in [0.29, 0.717) is 0 Å². The molecule has 0 unspecified atom stereocenters. The van der Waals surface area contributed by atoms with Gasteiger partial charge in [-0.2, -0.15) is 0 Å². The van der Waals surface area contributed by atoms with Gasteiger partial charge in [0.05, 0.1) is 0 Å². The van der Waals surface area contributed by atoms with E-state index in [1.807, 2.05) is 0 Å². The summed E-state index contributed by atoms with van der Waals surface area (Å²) >= 11 is 0. The van der Waals surface area contributed by atoms with Crippen molar-refractivity contribution in [1.29, 1.82) is 0 Å². The highest BCUT2D eigenvalue weighted by Crippen LogP contribution is 2.18. The first-order valence-corrected chi connectivity index (χ1v) is 6.23. The van der Waals surface area contributed by atoms with Crippen LogP contribution in [0.3, 0.4) is 0 Å². The van der Waals surface area contributed by atoms with Gasteiger partial charge in [-0.05, 0) is 31.0 Å². The molecule has 0 spiro atoms. The van der Waals surface area contributed by atoms with Crippen LogP contribution in [-0.4, -0.2) is 29.6 Å². The van der Waals surface area contributed by atoms with Gasteiger partial charge in [0.25, 0.3) is 0 Å². The second kappa shape index (κ2) is 4.38. The number of fused-ring (bicyclic) bond motifs is 1. The van der Waals surface area contributed by atoms with Crippen molar-refractivity contribution in [3.8, 4) is 0 Å². The van der Waals surface area contributed by atoms with Gasteiger partial charge in [-0.1, -0.05) is 29.8 Å². The normalized spacial score (nSPS) is 17.4. The molecule has 2 nitrogen and oxygen atoms in total. The zero-order chi connectivity index (χ0) is 11.7. The third-order valence-corrected chi connectivity index (χ3v) is 3.56. The van der Waals surface area contributed by atoms with Gasteiger partial charge in [-0.15, -0.1) is 0 Å². The zero-order valence-electron chi connectivity index (χ0n) is 10.3. The summed E-state index contributed by atoms with van der Waals surface area (Å²) in [5.41, 5.74) is 2.90. The maximum atomic E-state index is 2.37. The Balaban J connectivity index is 1.85. The molecule has 1 aromatic heterocycles. The maximum Gasteiger partial charge on any atom is 0.0483 e. The molecule has 1 aromatic carbocycles. The molecule has 0 bridgehead atoms. The lowest BCUT2D eigenvalue weighted by molar-refractivity contribution is 0.355. The third kappa shape index (κ3) is 2.13. The van der Waals surface area contributed by atoms with Gasteiger partial charge in [0.15, 0.2) is 0 Å². The number of nitrogens with zero attached hydrogens (tertiary/aromatic N) is 2. The fourth-order valence-corrected chi connectivity index (χ4v) is 2.45. The van der Waals surface area contributed by atoms with Gasteiger partial charge in [0.1, 0.15) is 0 Å². The van der Waals surface area contributed by atoms with Crippen LogP contribution in [0.5, 0.6) is 0 Å². The maximum absolute atomic E-state index is 2.37. The van der Waals surface area contributed by atoms with Crippen molar-refractivity contribution in [1.82, 2.24) is 9.47 Å². The lowest BCUT2D eigenvalue weighted by atomic mass is 10.1. The quantitative estimate of drug-likeness (QED) is 0.715. The average molecular weight is 226 g/mol. The minimum absolute atomic E-state index is 1.04. The lowest BCUT2D eigenvalue weighted by Crippen LogP contribution is -2.25. The Morgan fingerprint density at radius 3 is 2.88 bits per heavy atom. The van der Waals surface area contributed by atoms with Crippen LogP contribution in [0.1, 0.15) is 6.42 Å². The molecule has 17 heavy (non-hydrogen) atoms. The summed E-state index contributed by atoms with van der Waals surface area (Å²) < 4.78 is 2.35. The van der Waals surface area contributed by atoms with Crippen LogP contribution in [0.2, 0.25) is 0 Å². The smallest absolute Gasteiger partial charge is 0.0483 e. The third-order valence-electron chi connectivity index (χ3n) is 3.56. The van der Waals surface area contributed by atoms with Crippen molar-refractivity contribution in [3.63, 3.8) is 0 Å². The number of hydrogen-bond acceptors (Lipinski definition) is 1. The summed E-state index contributed by atoms with van der Waals surface area (Å²) in [6.45, 7) is 3.32.